The molecule has 86 valence electrons. The van der Waals surface area contributed by atoms with Gasteiger partial charge in [-0.3, -0.25) is 0 Å². The van der Waals surface area contributed by atoms with Gasteiger partial charge in [-0.25, -0.2) is 4.98 Å². The fourth-order valence-corrected chi connectivity index (χ4v) is 1.63. The van der Waals surface area contributed by atoms with E-state index in [0.717, 1.165) is 0 Å². The first-order valence-corrected chi connectivity index (χ1v) is 5.72. The molecule has 6 nitrogen and oxygen atoms in total. The molecule has 0 aliphatic rings. The van der Waals surface area contributed by atoms with Gasteiger partial charge in [-0.05, 0) is 29.8 Å². The number of aromatic amines is 1. The minimum atomic E-state index is 0.275. The zero-order valence-corrected chi connectivity index (χ0v) is 10.5. The molecule has 0 aromatic carbocycles. The summed E-state index contributed by atoms with van der Waals surface area (Å²) in [7, 11) is 0. The molecule has 0 spiro atoms. The first kappa shape index (κ1) is 11.1. The Morgan fingerprint density at radius 2 is 1.88 bits per heavy atom. The SMILES string of the molecule is CCOc1nc(OCC)c2[nH]c(Br)nc2n1. The molecule has 0 bridgehead atoms. The van der Waals surface area contributed by atoms with Gasteiger partial charge >= 0.3 is 6.01 Å². The van der Waals surface area contributed by atoms with Crippen molar-refractivity contribution in [1.29, 1.82) is 0 Å². The number of hydrogen-bond donors (Lipinski definition) is 1. The molecular weight excluding hydrogens is 276 g/mol. The van der Waals surface area contributed by atoms with E-state index in [4.69, 9.17) is 9.47 Å². The van der Waals surface area contributed by atoms with E-state index in [1.165, 1.54) is 0 Å². The van der Waals surface area contributed by atoms with Crippen LogP contribution in [0.2, 0.25) is 0 Å². The molecule has 0 saturated heterocycles. The predicted molar refractivity (Wildman–Crippen MR) is 61.7 cm³/mol. The number of halogens is 1. The molecule has 0 unspecified atom stereocenters. The molecule has 1 N–H and O–H groups in total. The summed E-state index contributed by atoms with van der Waals surface area (Å²) in [5, 5.41) is 0. The lowest BCUT2D eigenvalue weighted by atomic mass is 10.5. The van der Waals surface area contributed by atoms with Crippen molar-refractivity contribution in [3.63, 3.8) is 0 Å². The molecule has 0 atom stereocenters. The van der Waals surface area contributed by atoms with Crippen molar-refractivity contribution in [1.82, 2.24) is 19.9 Å². The third-order valence-electron chi connectivity index (χ3n) is 1.82. The van der Waals surface area contributed by atoms with Gasteiger partial charge in [0, 0.05) is 0 Å². The van der Waals surface area contributed by atoms with Crippen LogP contribution in [0, 0.1) is 0 Å². The molecule has 2 aromatic heterocycles. The van der Waals surface area contributed by atoms with Crippen LogP contribution in [0.4, 0.5) is 0 Å². The molecule has 0 aliphatic carbocycles. The molecule has 2 aromatic rings. The maximum absolute atomic E-state index is 5.40. The molecule has 0 amide bonds. The van der Waals surface area contributed by atoms with Crippen LogP contribution in [0.5, 0.6) is 11.9 Å². The van der Waals surface area contributed by atoms with E-state index in [0.29, 0.717) is 35.0 Å². The highest BCUT2D eigenvalue weighted by Crippen LogP contribution is 2.24. The van der Waals surface area contributed by atoms with Crippen molar-refractivity contribution in [3.05, 3.63) is 4.73 Å². The lowest BCUT2D eigenvalue weighted by Crippen LogP contribution is -2.02. The standard InChI is InChI=1S/C9H11BrN4O2/c1-3-15-7-5-6(12-8(10)11-5)13-9(14-7)16-4-2/h3-4H2,1-2H3,(H,11,12,13,14). The Bertz CT molecular complexity index is 499. The van der Waals surface area contributed by atoms with E-state index in [-0.39, 0.29) is 6.01 Å². The smallest absolute Gasteiger partial charge is 0.321 e. The average molecular weight is 287 g/mol. The Balaban J connectivity index is 2.53. The lowest BCUT2D eigenvalue weighted by molar-refractivity contribution is 0.292. The monoisotopic (exact) mass is 286 g/mol. The van der Waals surface area contributed by atoms with Crippen molar-refractivity contribution in [2.24, 2.45) is 0 Å². The van der Waals surface area contributed by atoms with Gasteiger partial charge in [0.25, 0.3) is 0 Å². The molecule has 16 heavy (non-hydrogen) atoms. The van der Waals surface area contributed by atoms with Crippen molar-refractivity contribution < 1.29 is 9.47 Å². The van der Waals surface area contributed by atoms with E-state index in [2.05, 4.69) is 35.9 Å². The molecular formula is C9H11BrN4O2. The molecule has 0 saturated carbocycles. The number of nitrogens with zero attached hydrogens (tertiary/aromatic N) is 3. The quantitative estimate of drug-likeness (QED) is 0.870. The number of fused-ring (bicyclic) bond motifs is 1. The van der Waals surface area contributed by atoms with Crippen LogP contribution in [0.25, 0.3) is 11.2 Å². The molecule has 0 aliphatic heterocycles. The number of hydrogen-bond acceptors (Lipinski definition) is 5. The van der Waals surface area contributed by atoms with Crippen LogP contribution in [0.3, 0.4) is 0 Å². The van der Waals surface area contributed by atoms with Crippen LogP contribution in [0.1, 0.15) is 13.8 Å². The number of imidazole rings is 1. The van der Waals surface area contributed by atoms with E-state index >= 15 is 0 Å². The molecule has 0 radical (unpaired) electrons. The fourth-order valence-electron chi connectivity index (χ4n) is 1.26. The third-order valence-corrected chi connectivity index (χ3v) is 2.20. The summed E-state index contributed by atoms with van der Waals surface area (Å²) in [6.45, 7) is 4.78. The highest BCUT2D eigenvalue weighted by atomic mass is 79.9. The van der Waals surface area contributed by atoms with Crippen molar-refractivity contribution in [2.75, 3.05) is 13.2 Å². The second-order valence-electron chi connectivity index (χ2n) is 2.90. The van der Waals surface area contributed by atoms with Gasteiger partial charge in [0.1, 0.15) is 5.52 Å². The second-order valence-corrected chi connectivity index (χ2v) is 3.65. The zero-order valence-electron chi connectivity index (χ0n) is 8.95. The number of ether oxygens (including phenoxy) is 2. The summed E-state index contributed by atoms with van der Waals surface area (Å²) in [5.74, 6) is 0.453. The van der Waals surface area contributed by atoms with Crippen LogP contribution in [0.15, 0.2) is 4.73 Å². The van der Waals surface area contributed by atoms with Gasteiger partial charge in [-0.2, -0.15) is 9.97 Å². The zero-order chi connectivity index (χ0) is 11.5. The van der Waals surface area contributed by atoms with Gasteiger partial charge in [0.2, 0.25) is 5.88 Å². The number of nitrogens with one attached hydrogen (secondary N) is 1. The van der Waals surface area contributed by atoms with Crippen molar-refractivity contribution in [2.45, 2.75) is 13.8 Å². The average Bonchev–Trinajstić information content (AvgIpc) is 2.60. The number of aromatic nitrogens is 4. The Morgan fingerprint density at radius 1 is 1.12 bits per heavy atom. The normalized spacial score (nSPS) is 10.7. The van der Waals surface area contributed by atoms with Crippen LogP contribution >= 0.6 is 15.9 Å². The molecule has 2 rings (SSSR count). The summed E-state index contributed by atoms with van der Waals surface area (Å²) < 4.78 is 11.2. The first-order valence-electron chi connectivity index (χ1n) is 4.93. The predicted octanol–water partition coefficient (Wildman–Crippen LogP) is 1.91. The van der Waals surface area contributed by atoms with Crippen molar-refractivity contribution in [3.8, 4) is 11.9 Å². The highest BCUT2D eigenvalue weighted by Gasteiger charge is 2.13. The summed E-state index contributed by atoms with van der Waals surface area (Å²) in [6.07, 6.45) is 0. The third kappa shape index (κ3) is 2.08. The number of rotatable bonds is 4. The minimum Gasteiger partial charge on any atom is -0.476 e. The fraction of sp³-hybridized carbons (Fsp3) is 0.444. The largest absolute Gasteiger partial charge is 0.476 e. The molecule has 0 fully saturated rings. The Morgan fingerprint density at radius 3 is 2.56 bits per heavy atom. The second kappa shape index (κ2) is 4.65. The van der Waals surface area contributed by atoms with E-state index in [9.17, 15) is 0 Å². The summed E-state index contributed by atoms with van der Waals surface area (Å²) in [4.78, 5) is 15.4. The topological polar surface area (TPSA) is 72.9 Å². The first-order chi connectivity index (χ1) is 7.74. The van der Waals surface area contributed by atoms with Gasteiger partial charge in [-0.15, -0.1) is 0 Å². The maximum Gasteiger partial charge on any atom is 0.321 e. The molecule has 2 heterocycles. The van der Waals surface area contributed by atoms with Crippen LogP contribution < -0.4 is 9.47 Å². The molecule has 7 heteroatoms. The Kier molecular flexibility index (Phi) is 3.23. The number of H-pyrrole nitrogens is 1. The van der Waals surface area contributed by atoms with E-state index in [1.54, 1.807) is 0 Å². The summed E-state index contributed by atoms with van der Waals surface area (Å²) in [6, 6.07) is 0.275. The van der Waals surface area contributed by atoms with Crippen LogP contribution in [-0.2, 0) is 0 Å². The van der Waals surface area contributed by atoms with Gasteiger partial charge in [0.15, 0.2) is 10.4 Å². The lowest BCUT2D eigenvalue weighted by Gasteiger charge is -2.05. The van der Waals surface area contributed by atoms with E-state index in [1.807, 2.05) is 13.8 Å². The van der Waals surface area contributed by atoms with Gasteiger partial charge in [0.05, 0.1) is 13.2 Å². The maximum atomic E-state index is 5.40. The van der Waals surface area contributed by atoms with E-state index < -0.39 is 0 Å². The van der Waals surface area contributed by atoms with Gasteiger partial charge < -0.3 is 14.5 Å². The Labute approximate surface area is 101 Å². The Hall–Kier alpha value is -1.37. The minimum absolute atomic E-state index is 0.275. The highest BCUT2D eigenvalue weighted by molar-refractivity contribution is 9.10. The van der Waals surface area contributed by atoms with Crippen LogP contribution in [-0.4, -0.2) is 33.1 Å². The summed E-state index contributed by atoms with van der Waals surface area (Å²) >= 11 is 3.24. The summed E-state index contributed by atoms with van der Waals surface area (Å²) in [5.41, 5.74) is 1.19. The van der Waals surface area contributed by atoms with Crippen molar-refractivity contribution >= 4 is 27.1 Å². The van der Waals surface area contributed by atoms with Gasteiger partial charge in [-0.1, -0.05) is 0 Å².